The van der Waals surface area contributed by atoms with E-state index in [4.69, 9.17) is 5.11 Å². The summed E-state index contributed by atoms with van der Waals surface area (Å²) in [5.41, 5.74) is 0. The lowest BCUT2D eigenvalue weighted by Crippen LogP contribution is -2.49. The third-order valence-electron chi connectivity index (χ3n) is 2.48. The summed E-state index contributed by atoms with van der Waals surface area (Å²) in [7, 11) is 3.50. The third-order valence-corrected chi connectivity index (χ3v) is 2.48. The van der Waals surface area contributed by atoms with E-state index in [2.05, 4.69) is 10.6 Å². The molecule has 6 heteroatoms. The molecule has 0 aliphatic carbocycles. The van der Waals surface area contributed by atoms with Crippen LogP contribution in [0.2, 0.25) is 0 Å². The van der Waals surface area contributed by atoms with Crippen LogP contribution in [0.25, 0.3) is 0 Å². The molecule has 0 saturated carbocycles. The number of amides is 2. The van der Waals surface area contributed by atoms with Crippen LogP contribution >= 0.6 is 0 Å². The summed E-state index contributed by atoms with van der Waals surface area (Å²) in [4.78, 5) is 24.1. The van der Waals surface area contributed by atoms with E-state index in [1.54, 1.807) is 20.9 Å². The van der Waals surface area contributed by atoms with E-state index in [0.717, 1.165) is 13.0 Å². The Labute approximate surface area is 102 Å². The van der Waals surface area contributed by atoms with E-state index >= 15 is 0 Å². The van der Waals surface area contributed by atoms with Gasteiger partial charge in [0.1, 0.15) is 6.04 Å². The van der Waals surface area contributed by atoms with Crippen LogP contribution in [0.1, 0.15) is 20.3 Å². The summed E-state index contributed by atoms with van der Waals surface area (Å²) in [5.74, 6) is -1.14. The van der Waals surface area contributed by atoms with Gasteiger partial charge in [0.25, 0.3) is 0 Å². The smallest absolute Gasteiger partial charge is 0.326 e. The fourth-order valence-electron chi connectivity index (χ4n) is 1.35. The van der Waals surface area contributed by atoms with Gasteiger partial charge in [0.05, 0.1) is 0 Å². The molecule has 0 aliphatic heterocycles. The molecule has 0 aliphatic rings. The van der Waals surface area contributed by atoms with Crippen LogP contribution in [0.4, 0.5) is 4.79 Å². The minimum Gasteiger partial charge on any atom is -0.480 e. The Bertz CT molecular complexity index is 256. The first-order valence-corrected chi connectivity index (χ1v) is 5.79. The Morgan fingerprint density at radius 1 is 1.35 bits per heavy atom. The topological polar surface area (TPSA) is 81.7 Å². The first-order chi connectivity index (χ1) is 7.90. The third kappa shape index (κ3) is 6.11. The summed E-state index contributed by atoms with van der Waals surface area (Å²) in [6.07, 6.45) is 0.833. The van der Waals surface area contributed by atoms with E-state index in [-0.39, 0.29) is 11.9 Å². The Balaban J connectivity index is 4.16. The highest BCUT2D eigenvalue weighted by Crippen LogP contribution is 2.02. The van der Waals surface area contributed by atoms with Gasteiger partial charge in [-0.3, -0.25) is 0 Å². The monoisotopic (exact) mass is 245 g/mol. The number of carbonyl (C=O) groups excluding carboxylic acids is 1. The number of carbonyl (C=O) groups is 2. The second-order valence-electron chi connectivity index (χ2n) is 4.39. The number of nitrogens with zero attached hydrogens (tertiary/aromatic N) is 1. The number of carboxylic acid groups (broad SMARTS) is 1. The van der Waals surface area contributed by atoms with Gasteiger partial charge < -0.3 is 20.6 Å². The standard InChI is InChI=1S/C11H23N3O3/c1-8(2)9(10(15)16)13-11(17)14(4)7-5-6-12-3/h8-9,12H,5-7H2,1-4H3,(H,13,17)(H,15,16)/t9-/m0/s1. The lowest BCUT2D eigenvalue weighted by Gasteiger charge is -2.23. The van der Waals surface area contributed by atoms with Crippen LogP contribution < -0.4 is 10.6 Å². The lowest BCUT2D eigenvalue weighted by molar-refractivity contribution is -0.140. The number of nitrogens with one attached hydrogen (secondary N) is 2. The summed E-state index contributed by atoms with van der Waals surface area (Å²) >= 11 is 0. The molecule has 3 N–H and O–H groups in total. The quantitative estimate of drug-likeness (QED) is 0.565. The van der Waals surface area contributed by atoms with Crippen molar-refractivity contribution in [1.29, 1.82) is 0 Å². The molecule has 0 aromatic carbocycles. The second kappa shape index (κ2) is 7.89. The van der Waals surface area contributed by atoms with Crippen molar-refractivity contribution in [2.45, 2.75) is 26.3 Å². The number of hydrogen-bond acceptors (Lipinski definition) is 3. The maximum atomic E-state index is 11.7. The molecule has 0 aromatic heterocycles. The van der Waals surface area contributed by atoms with E-state index in [9.17, 15) is 9.59 Å². The molecule has 0 heterocycles. The Morgan fingerprint density at radius 2 is 1.94 bits per heavy atom. The molecule has 0 rings (SSSR count). The summed E-state index contributed by atoms with van der Waals surface area (Å²) in [6.45, 7) is 4.95. The molecule has 6 nitrogen and oxygen atoms in total. The maximum Gasteiger partial charge on any atom is 0.326 e. The minimum atomic E-state index is -1.00. The van der Waals surface area contributed by atoms with Gasteiger partial charge >= 0.3 is 12.0 Å². The number of hydrogen-bond donors (Lipinski definition) is 3. The average Bonchev–Trinajstić information content (AvgIpc) is 2.24. The molecule has 100 valence electrons. The Hall–Kier alpha value is -1.30. The molecule has 0 fully saturated rings. The molecule has 1 atom stereocenters. The van der Waals surface area contributed by atoms with Crippen LogP contribution in [0.5, 0.6) is 0 Å². The van der Waals surface area contributed by atoms with Crippen molar-refractivity contribution in [3.63, 3.8) is 0 Å². The highest BCUT2D eigenvalue weighted by atomic mass is 16.4. The highest BCUT2D eigenvalue weighted by Gasteiger charge is 2.24. The SMILES string of the molecule is CNCCCN(C)C(=O)N[C@H](C(=O)O)C(C)C. The molecular formula is C11H23N3O3. The fraction of sp³-hybridized carbons (Fsp3) is 0.818. The first kappa shape index (κ1) is 15.7. The van der Waals surface area contributed by atoms with E-state index in [1.807, 2.05) is 7.05 Å². The number of aliphatic carboxylic acids is 1. The van der Waals surface area contributed by atoms with Gasteiger partial charge in [-0.25, -0.2) is 9.59 Å². The van der Waals surface area contributed by atoms with Crippen molar-refractivity contribution in [1.82, 2.24) is 15.5 Å². The lowest BCUT2D eigenvalue weighted by atomic mass is 10.1. The molecule has 17 heavy (non-hydrogen) atoms. The van der Waals surface area contributed by atoms with Crippen molar-refractivity contribution in [2.24, 2.45) is 5.92 Å². The van der Waals surface area contributed by atoms with Crippen molar-refractivity contribution < 1.29 is 14.7 Å². The number of rotatable bonds is 7. The van der Waals surface area contributed by atoms with E-state index in [1.165, 1.54) is 4.90 Å². The largest absolute Gasteiger partial charge is 0.480 e. The molecule has 0 aromatic rings. The van der Waals surface area contributed by atoms with Crippen LogP contribution in [0.15, 0.2) is 0 Å². The molecule has 0 radical (unpaired) electrons. The molecule has 0 spiro atoms. The fourth-order valence-corrected chi connectivity index (χ4v) is 1.35. The minimum absolute atomic E-state index is 0.137. The van der Waals surface area contributed by atoms with E-state index in [0.29, 0.717) is 6.54 Å². The van der Waals surface area contributed by atoms with Gasteiger partial charge in [-0.2, -0.15) is 0 Å². The summed E-state index contributed by atoms with van der Waals surface area (Å²) in [6, 6.07) is -1.18. The van der Waals surface area contributed by atoms with Crippen molar-refractivity contribution in [3.05, 3.63) is 0 Å². The van der Waals surface area contributed by atoms with Crippen LogP contribution in [0.3, 0.4) is 0 Å². The normalized spacial score (nSPS) is 12.3. The zero-order chi connectivity index (χ0) is 13.4. The van der Waals surface area contributed by atoms with Crippen molar-refractivity contribution >= 4 is 12.0 Å². The predicted molar refractivity (Wildman–Crippen MR) is 66.0 cm³/mol. The zero-order valence-corrected chi connectivity index (χ0v) is 11.0. The summed E-state index contributed by atoms with van der Waals surface area (Å²) < 4.78 is 0. The molecule has 0 saturated heterocycles. The Kier molecular flexibility index (Phi) is 7.29. The van der Waals surface area contributed by atoms with Gasteiger partial charge in [0.2, 0.25) is 0 Å². The van der Waals surface area contributed by atoms with Gasteiger partial charge in [-0.15, -0.1) is 0 Å². The molecule has 2 amide bonds. The Morgan fingerprint density at radius 3 is 2.35 bits per heavy atom. The van der Waals surface area contributed by atoms with Crippen LogP contribution in [-0.4, -0.2) is 55.2 Å². The van der Waals surface area contributed by atoms with Crippen LogP contribution in [0, 0.1) is 5.92 Å². The van der Waals surface area contributed by atoms with Crippen molar-refractivity contribution in [3.8, 4) is 0 Å². The van der Waals surface area contributed by atoms with Crippen molar-refractivity contribution in [2.75, 3.05) is 27.2 Å². The molecule has 0 unspecified atom stereocenters. The molecular weight excluding hydrogens is 222 g/mol. The number of carboxylic acids is 1. The number of urea groups is 1. The van der Waals surface area contributed by atoms with Gasteiger partial charge in [-0.05, 0) is 25.9 Å². The summed E-state index contributed by atoms with van der Waals surface area (Å²) in [5, 5.41) is 14.4. The second-order valence-corrected chi connectivity index (χ2v) is 4.39. The average molecular weight is 245 g/mol. The first-order valence-electron chi connectivity index (χ1n) is 5.79. The highest BCUT2D eigenvalue weighted by molar-refractivity contribution is 5.82. The predicted octanol–water partition coefficient (Wildman–Crippen LogP) is 0.347. The van der Waals surface area contributed by atoms with E-state index < -0.39 is 12.0 Å². The van der Waals surface area contributed by atoms with Crippen LogP contribution in [-0.2, 0) is 4.79 Å². The molecule has 0 bridgehead atoms. The maximum absolute atomic E-state index is 11.7. The van der Waals surface area contributed by atoms with Gasteiger partial charge in [0.15, 0.2) is 0 Å². The van der Waals surface area contributed by atoms with Gasteiger partial charge in [0, 0.05) is 13.6 Å². The van der Waals surface area contributed by atoms with Gasteiger partial charge in [-0.1, -0.05) is 13.8 Å². The zero-order valence-electron chi connectivity index (χ0n) is 11.0.